The minimum Gasteiger partial charge on any atom is -0.341 e. The Morgan fingerprint density at radius 3 is 2.62 bits per heavy atom. The summed E-state index contributed by atoms with van der Waals surface area (Å²) in [6, 6.07) is 5.81. The first-order chi connectivity index (χ1) is 13.6. The summed E-state index contributed by atoms with van der Waals surface area (Å²) < 4.78 is 52.6. The van der Waals surface area contributed by atoms with Gasteiger partial charge in [-0.2, -0.15) is 13.2 Å². The van der Waals surface area contributed by atoms with Gasteiger partial charge in [-0.05, 0) is 36.8 Å². The highest BCUT2D eigenvalue weighted by Gasteiger charge is 2.59. The number of carbonyl (C=O) groups excluding carboxylic acids is 2. The standard InChI is InChI=1S/C19H12BrClF4N2O2/c20-7-3-11-15(14(4-7)26-17(28)9-6-12(9)19(23,24)25)16(27-18(11)29)10-5-8(22)1-2-13(10)21/h1-5,9,12,16H,6H2,(H,26,28)(H,27,29)/t9-,12+,16+/m0/s1. The van der Waals surface area contributed by atoms with E-state index in [9.17, 15) is 27.2 Å². The van der Waals surface area contributed by atoms with Crippen LogP contribution < -0.4 is 10.6 Å². The molecule has 3 atom stereocenters. The predicted octanol–water partition coefficient (Wildman–Crippen LogP) is 5.21. The van der Waals surface area contributed by atoms with Crippen molar-refractivity contribution in [3.05, 3.63) is 62.3 Å². The summed E-state index contributed by atoms with van der Waals surface area (Å²) >= 11 is 9.40. The van der Waals surface area contributed by atoms with E-state index in [1.54, 1.807) is 0 Å². The van der Waals surface area contributed by atoms with Gasteiger partial charge >= 0.3 is 6.18 Å². The van der Waals surface area contributed by atoms with Crippen molar-refractivity contribution in [2.45, 2.75) is 18.6 Å². The summed E-state index contributed by atoms with van der Waals surface area (Å²) in [7, 11) is 0. The largest absolute Gasteiger partial charge is 0.392 e. The zero-order valence-corrected chi connectivity index (χ0v) is 16.8. The molecule has 4 rings (SSSR count). The van der Waals surface area contributed by atoms with Gasteiger partial charge in [0.05, 0.1) is 17.9 Å². The Balaban J connectivity index is 1.72. The molecule has 2 aromatic rings. The lowest BCUT2D eigenvalue weighted by molar-refractivity contribution is -0.153. The maximum absolute atomic E-state index is 13.8. The van der Waals surface area contributed by atoms with Gasteiger partial charge in [-0.1, -0.05) is 27.5 Å². The number of benzene rings is 2. The van der Waals surface area contributed by atoms with E-state index in [1.165, 1.54) is 18.2 Å². The Morgan fingerprint density at radius 2 is 1.97 bits per heavy atom. The average Bonchev–Trinajstić information content (AvgIpc) is 3.37. The number of rotatable bonds is 3. The van der Waals surface area contributed by atoms with E-state index in [2.05, 4.69) is 26.6 Å². The second kappa shape index (κ2) is 6.98. The topological polar surface area (TPSA) is 58.2 Å². The number of fused-ring (bicyclic) bond motifs is 1. The van der Waals surface area contributed by atoms with Crippen molar-refractivity contribution in [3.63, 3.8) is 0 Å². The van der Waals surface area contributed by atoms with Crippen LogP contribution in [0, 0.1) is 17.7 Å². The Kier molecular flexibility index (Phi) is 4.85. The van der Waals surface area contributed by atoms with Crippen LogP contribution in [0.25, 0.3) is 0 Å². The van der Waals surface area contributed by atoms with Gasteiger partial charge in [0.25, 0.3) is 5.91 Å². The van der Waals surface area contributed by atoms with Crippen molar-refractivity contribution in [1.82, 2.24) is 5.32 Å². The molecule has 0 radical (unpaired) electrons. The van der Waals surface area contributed by atoms with Crippen LogP contribution >= 0.6 is 27.5 Å². The van der Waals surface area contributed by atoms with Crippen molar-refractivity contribution < 1.29 is 27.2 Å². The van der Waals surface area contributed by atoms with Crippen LogP contribution in [-0.2, 0) is 4.79 Å². The molecule has 0 spiro atoms. The van der Waals surface area contributed by atoms with Crippen molar-refractivity contribution in [3.8, 4) is 0 Å². The summed E-state index contributed by atoms with van der Waals surface area (Å²) in [6.45, 7) is 0. The molecule has 10 heteroatoms. The Hall–Kier alpha value is -2.13. The smallest absolute Gasteiger partial charge is 0.341 e. The third kappa shape index (κ3) is 3.73. The van der Waals surface area contributed by atoms with Crippen LogP contribution in [0.4, 0.5) is 23.2 Å². The lowest BCUT2D eigenvalue weighted by atomic mass is 9.96. The van der Waals surface area contributed by atoms with E-state index >= 15 is 0 Å². The van der Waals surface area contributed by atoms with Gasteiger partial charge in [0, 0.05) is 31.9 Å². The molecule has 0 bridgehead atoms. The van der Waals surface area contributed by atoms with Gasteiger partial charge in [-0.3, -0.25) is 9.59 Å². The van der Waals surface area contributed by atoms with Gasteiger partial charge in [0.2, 0.25) is 5.91 Å². The summed E-state index contributed by atoms with van der Waals surface area (Å²) in [4.78, 5) is 24.8. The van der Waals surface area contributed by atoms with Crippen LogP contribution in [-0.4, -0.2) is 18.0 Å². The molecule has 4 nitrogen and oxygen atoms in total. The van der Waals surface area contributed by atoms with Gasteiger partial charge in [0.1, 0.15) is 5.82 Å². The summed E-state index contributed by atoms with van der Waals surface area (Å²) in [6.07, 6.45) is -4.71. The lowest BCUT2D eigenvalue weighted by Crippen LogP contribution is -2.22. The molecular formula is C19H12BrClF4N2O2. The van der Waals surface area contributed by atoms with Crippen LogP contribution in [0.5, 0.6) is 0 Å². The fraction of sp³-hybridized carbons (Fsp3) is 0.263. The SMILES string of the molecule is O=C1N[C@H](c2cc(F)ccc2Cl)c2c(NC(=O)[C@H]3C[C@H]3C(F)(F)F)cc(Br)cc21. The second-order valence-electron chi connectivity index (χ2n) is 6.97. The Bertz CT molecular complexity index is 1040. The van der Waals surface area contributed by atoms with Gasteiger partial charge in [0.15, 0.2) is 0 Å². The molecule has 29 heavy (non-hydrogen) atoms. The normalized spacial score (nSPS) is 22.8. The number of amides is 2. The van der Waals surface area contributed by atoms with E-state index in [0.717, 1.165) is 12.1 Å². The van der Waals surface area contributed by atoms with Crippen LogP contribution in [0.2, 0.25) is 5.02 Å². The summed E-state index contributed by atoms with van der Waals surface area (Å²) in [5.74, 6) is -4.67. The third-order valence-corrected chi connectivity index (χ3v) is 5.83. The van der Waals surface area contributed by atoms with E-state index in [0.29, 0.717) is 10.0 Å². The van der Waals surface area contributed by atoms with E-state index in [1.807, 2.05) is 0 Å². The Labute approximate surface area is 175 Å². The van der Waals surface area contributed by atoms with Gasteiger partial charge in [-0.15, -0.1) is 0 Å². The van der Waals surface area contributed by atoms with Crippen molar-refractivity contribution in [2.75, 3.05) is 5.32 Å². The maximum Gasteiger partial charge on any atom is 0.392 e. The third-order valence-electron chi connectivity index (χ3n) is 5.03. The molecule has 2 amide bonds. The number of halogens is 6. The molecule has 0 unspecified atom stereocenters. The highest BCUT2D eigenvalue weighted by molar-refractivity contribution is 9.10. The first kappa shape index (κ1) is 20.2. The zero-order chi connectivity index (χ0) is 21.1. The minimum atomic E-state index is -4.43. The number of nitrogens with one attached hydrogen (secondary N) is 2. The monoisotopic (exact) mass is 490 g/mol. The molecule has 0 aromatic heterocycles. The van der Waals surface area contributed by atoms with E-state index < -0.39 is 41.7 Å². The van der Waals surface area contributed by atoms with Crippen molar-refractivity contribution in [1.29, 1.82) is 0 Å². The number of anilines is 1. The van der Waals surface area contributed by atoms with E-state index in [-0.39, 0.29) is 28.3 Å². The second-order valence-corrected chi connectivity index (χ2v) is 8.29. The highest BCUT2D eigenvalue weighted by atomic mass is 79.9. The van der Waals surface area contributed by atoms with Crippen LogP contribution in [0.3, 0.4) is 0 Å². The summed E-state index contributed by atoms with van der Waals surface area (Å²) in [5.41, 5.74) is 0.971. The molecule has 1 aliphatic carbocycles. The zero-order valence-electron chi connectivity index (χ0n) is 14.4. The summed E-state index contributed by atoms with van der Waals surface area (Å²) in [5, 5.41) is 5.38. The van der Waals surface area contributed by atoms with Crippen molar-refractivity contribution >= 4 is 45.0 Å². The quantitative estimate of drug-likeness (QED) is 0.579. The molecular weight excluding hydrogens is 480 g/mol. The van der Waals surface area contributed by atoms with Gasteiger partial charge in [-0.25, -0.2) is 4.39 Å². The number of hydrogen-bond donors (Lipinski definition) is 2. The van der Waals surface area contributed by atoms with Crippen LogP contribution in [0.15, 0.2) is 34.8 Å². The van der Waals surface area contributed by atoms with Crippen LogP contribution in [0.1, 0.15) is 33.9 Å². The molecule has 0 saturated heterocycles. The molecule has 2 aromatic carbocycles. The maximum atomic E-state index is 13.8. The molecule has 1 heterocycles. The molecule has 152 valence electrons. The molecule has 1 aliphatic heterocycles. The average molecular weight is 492 g/mol. The number of alkyl halides is 3. The lowest BCUT2D eigenvalue weighted by Gasteiger charge is -2.18. The van der Waals surface area contributed by atoms with E-state index in [4.69, 9.17) is 11.6 Å². The van der Waals surface area contributed by atoms with Gasteiger partial charge < -0.3 is 10.6 Å². The molecule has 1 saturated carbocycles. The predicted molar refractivity (Wildman–Crippen MR) is 101 cm³/mol. The minimum absolute atomic E-state index is 0.163. The first-order valence-corrected chi connectivity index (χ1v) is 9.70. The number of hydrogen-bond acceptors (Lipinski definition) is 2. The molecule has 2 aliphatic rings. The Morgan fingerprint density at radius 1 is 1.24 bits per heavy atom. The first-order valence-electron chi connectivity index (χ1n) is 8.53. The fourth-order valence-corrected chi connectivity index (χ4v) is 4.23. The highest BCUT2D eigenvalue weighted by Crippen LogP contribution is 2.51. The molecule has 1 fully saturated rings. The van der Waals surface area contributed by atoms with Crippen molar-refractivity contribution in [2.24, 2.45) is 11.8 Å². The molecule has 2 N–H and O–H groups in total. The fourth-order valence-electron chi connectivity index (χ4n) is 3.54. The number of carbonyl (C=O) groups is 2.